The molecule has 9 nitrogen and oxygen atoms in total. The molecule has 2 amide bonds. The summed E-state index contributed by atoms with van der Waals surface area (Å²) >= 11 is 0. The Morgan fingerprint density at radius 1 is 0.953 bits per heavy atom. The maximum absolute atomic E-state index is 13.9. The van der Waals surface area contributed by atoms with Crippen LogP contribution in [0.2, 0.25) is 0 Å². The van der Waals surface area contributed by atoms with Crippen molar-refractivity contribution in [2.75, 3.05) is 25.9 Å². The molecule has 43 heavy (non-hydrogen) atoms. The maximum Gasteiger partial charge on any atom is 0.243 e. The quantitative estimate of drug-likeness (QED) is 0.241. The standard InChI is InChI=1S/C30H45FN4O5S.C2H6/c1-21(2)19-35(41(6,39)40)20-26(36)25(16-22-12-8-7-9-13-22)33-29(38)28(30(3,4)5)34-27(37)18-32-17-23-14-10-11-15-24(23)31;1-2/h7-15,21,25-26,28,32,36H,16-20H2,1-6H3,(H,33,38)(H,34,37);1-2H3/t25?,26?,28-;/m1./s1. The molecule has 0 aliphatic heterocycles. The van der Waals surface area contributed by atoms with Crippen LogP contribution in [0.25, 0.3) is 0 Å². The fourth-order valence-electron chi connectivity index (χ4n) is 4.35. The molecule has 242 valence electrons. The number of hydrogen-bond donors (Lipinski definition) is 4. The molecule has 0 bridgehead atoms. The first-order chi connectivity index (χ1) is 20.1. The first-order valence-corrected chi connectivity index (χ1v) is 16.6. The number of aliphatic hydroxyl groups is 1. The number of halogens is 1. The highest BCUT2D eigenvalue weighted by Gasteiger charge is 2.36. The molecule has 2 aromatic carbocycles. The van der Waals surface area contributed by atoms with Crippen LogP contribution in [0, 0.1) is 17.2 Å². The monoisotopic (exact) mass is 622 g/mol. The average Bonchev–Trinajstić information content (AvgIpc) is 2.92. The fourth-order valence-corrected chi connectivity index (χ4v) is 5.34. The number of sulfonamides is 1. The first-order valence-electron chi connectivity index (χ1n) is 14.8. The van der Waals surface area contributed by atoms with E-state index in [-0.39, 0.29) is 44.3 Å². The number of benzene rings is 2. The minimum atomic E-state index is -3.60. The summed E-state index contributed by atoms with van der Waals surface area (Å²) in [6, 6.07) is 13.7. The van der Waals surface area contributed by atoms with Crippen LogP contribution in [0.15, 0.2) is 54.6 Å². The Morgan fingerprint density at radius 2 is 1.53 bits per heavy atom. The van der Waals surface area contributed by atoms with Gasteiger partial charge in [-0.15, -0.1) is 0 Å². The Morgan fingerprint density at radius 3 is 2.07 bits per heavy atom. The lowest BCUT2D eigenvalue weighted by Crippen LogP contribution is -2.59. The minimum Gasteiger partial charge on any atom is -0.390 e. The third-order valence-electron chi connectivity index (χ3n) is 6.51. The van der Waals surface area contributed by atoms with E-state index in [9.17, 15) is 27.5 Å². The topological polar surface area (TPSA) is 128 Å². The Bertz CT molecular complexity index is 1240. The van der Waals surface area contributed by atoms with Crippen molar-refractivity contribution in [3.05, 3.63) is 71.5 Å². The predicted molar refractivity (Wildman–Crippen MR) is 170 cm³/mol. The van der Waals surface area contributed by atoms with Gasteiger partial charge in [0.15, 0.2) is 0 Å². The van der Waals surface area contributed by atoms with Crippen LogP contribution in [-0.4, -0.2) is 73.7 Å². The lowest BCUT2D eigenvalue weighted by atomic mass is 9.85. The first kappa shape index (κ1) is 38.2. The number of rotatable bonds is 15. The molecule has 0 aromatic heterocycles. The molecule has 0 spiro atoms. The number of carbonyl (C=O) groups excluding carboxylic acids is 2. The van der Waals surface area contributed by atoms with Gasteiger partial charge in [0.1, 0.15) is 11.9 Å². The summed E-state index contributed by atoms with van der Waals surface area (Å²) < 4.78 is 39.9. The van der Waals surface area contributed by atoms with Crippen LogP contribution < -0.4 is 16.0 Å². The second-order valence-corrected chi connectivity index (χ2v) is 13.9. The molecule has 0 heterocycles. The van der Waals surface area contributed by atoms with Gasteiger partial charge in [-0.2, -0.15) is 4.31 Å². The number of aliphatic hydroxyl groups excluding tert-OH is 1. The summed E-state index contributed by atoms with van der Waals surface area (Å²) in [6.07, 6.45) is 0.131. The third-order valence-corrected chi connectivity index (χ3v) is 7.75. The van der Waals surface area contributed by atoms with Gasteiger partial charge >= 0.3 is 0 Å². The van der Waals surface area contributed by atoms with Gasteiger partial charge in [0.25, 0.3) is 0 Å². The lowest BCUT2D eigenvalue weighted by Gasteiger charge is -2.34. The van der Waals surface area contributed by atoms with Crippen molar-refractivity contribution in [3.8, 4) is 0 Å². The van der Waals surface area contributed by atoms with Crippen molar-refractivity contribution in [1.82, 2.24) is 20.3 Å². The molecule has 2 unspecified atom stereocenters. The van der Waals surface area contributed by atoms with E-state index in [0.29, 0.717) is 5.56 Å². The van der Waals surface area contributed by atoms with Crippen LogP contribution in [-0.2, 0) is 32.6 Å². The minimum absolute atomic E-state index is 0.0339. The largest absolute Gasteiger partial charge is 0.390 e. The summed E-state index contributed by atoms with van der Waals surface area (Å²) in [7, 11) is -3.60. The van der Waals surface area contributed by atoms with Crippen LogP contribution >= 0.6 is 0 Å². The number of hydrogen-bond acceptors (Lipinski definition) is 6. The van der Waals surface area contributed by atoms with Gasteiger partial charge in [0.2, 0.25) is 21.8 Å². The van der Waals surface area contributed by atoms with E-state index in [1.54, 1.807) is 39.0 Å². The molecule has 0 radical (unpaired) electrons. The molecule has 11 heteroatoms. The smallest absolute Gasteiger partial charge is 0.243 e. The van der Waals surface area contributed by atoms with E-state index in [2.05, 4.69) is 16.0 Å². The van der Waals surface area contributed by atoms with Gasteiger partial charge in [-0.3, -0.25) is 9.59 Å². The zero-order valence-corrected chi connectivity index (χ0v) is 27.7. The van der Waals surface area contributed by atoms with E-state index in [1.165, 1.54) is 10.4 Å². The number of amides is 2. The molecule has 0 fully saturated rings. The normalized spacial score (nSPS) is 14.0. The number of nitrogens with zero attached hydrogens (tertiary/aromatic N) is 1. The molecule has 0 saturated heterocycles. The summed E-state index contributed by atoms with van der Waals surface area (Å²) in [5, 5.41) is 19.8. The fraction of sp³-hybridized carbons (Fsp3) is 0.562. The Labute approximate surface area is 257 Å². The summed E-state index contributed by atoms with van der Waals surface area (Å²) in [6.45, 7) is 13.2. The highest BCUT2D eigenvalue weighted by atomic mass is 32.2. The Hall–Kier alpha value is -2.86. The highest BCUT2D eigenvalue weighted by molar-refractivity contribution is 7.88. The van der Waals surface area contributed by atoms with Gasteiger partial charge in [-0.05, 0) is 29.4 Å². The second kappa shape index (κ2) is 18.1. The van der Waals surface area contributed by atoms with Crippen LogP contribution in [0.4, 0.5) is 4.39 Å². The predicted octanol–water partition coefficient (Wildman–Crippen LogP) is 3.48. The van der Waals surface area contributed by atoms with E-state index >= 15 is 0 Å². The van der Waals surface area contributed by atoms with E-state index in [1.807, 2.05) is 58.0 Å². The van der Waals surface area contributed by atoms with Crippen molar-refractivity contribution in [3.63, 3.8) is 0 Å². The van der Waals surface area contributed by atoms with Crippen LogP contribution in [0.5, 0.6) is 0 Å². The third kappa shape index (κ3) is 14.0. The van der Waals surface area contributed by atoms with Gasteiger partial charge in [-0.25, -0.2) is 12.8 Å². The molecule has 2 aromatic rings. The van der Waals surface area contributed by atoms with Crippen molar-refractivity contribution in [2.45, 2.75) is 79.6 Å². The van der Waals surface area contributed by atoms with Gasteiger partial charge < -0.3 is 21.1 Å². The van der Waals surface area contributed by atoms with Gasteiger partial charge in [0.05, 0.1) is 24.9 Å². The van der Waals surface area contributed by atoms with Crippen molar-refractivity contribution in [2.24, 2.45) is 11.3 Å². The molecule has 4 N–H and O–H groups in total. The second-order valence-electron chi connectivity index (χ2n) is 11.9. The zero-order chi connectivity index (χ0) is 32.8. The SMILES string of the molecule is CC.CC(C)CN(CC(O)C(Cc1ccccc1)NC(=O)[C@@H](NC(=O)CNCc1ccccc1F)C(C)(C)C)S(C)(=O)=O. The van der Waals surface area contributed by atoms with E-state index in [4.69, 9.17) is 0 Å². The lowest BCUT2D eigenvalue weighted by molar-refractivity contribution is -0.132. The van der Waals surface area contributed by atoms with Crippen molar-refractivity contribution >= 4 is 21.8 Å². The van der Waals surface area contributed by atoms with Crippen molar-refractivity contribution in [1.29, 1.82) is 0 Å². The number of nitrogens with one attached hydrogen (secondary N) is 3. The summed E-state index contributed by atoms with van der Waals surface area (Å²) in [5.41, 5.74) is 0.577. The Kier molecular flexibility index (Phi) is 16.0. The average molecular weight is 623 g/mol. The molecule has 0 saturated carbocycles. The number of carbonyl (C=O) groups is 2. The van der Waals surface area contributed by atoms with E-state index in [0.717, 1.165) is 11.8 Å². The summed E-state index contributed by atoms with van der Waals surface area (Å²) in [4.78, 5) is 26.4. The van der Waals surface area contributed by atoms with Gasteiger partial charge in [0, 0.05) is 25.2 Å². The molecular weight excluding hydrogens is 571 g/mol. The van der Waals surface area contributed by atoms with Gasteiger partial charge in [-0.1, -0.05) is 97.0 Å². The molecular formula is C32H51FN4O5S. The summed E-state index contributed by atoms with van der Waals surface area (Å²) in [5.74, 6) is -1.30. The van der Waals surface area contributed by atoms with E-state index < -0.39 is 45.4 Å². The van der Waals surface area contributed by atoms with Crippen LogP contribution in [0.3, 0.4) is 0 Å². The molecule has 2 rings (SSSR count). The highest BCUT2D eigenvalue weighted by Crippen LogP contribution is 2.20. The maximum atomic E-state index is 13.9. The zero-order valence-electron chi connectivity index (χ0n) is 26.9. The van der Waals surface area contributed by atoms with Crippen LogP contribution in [0.1, 0.15) is 59.6 Å². The van der Waals surface area contributed by atoms with Crippen molar-refractivity contribution < 1.29 is 27.5 Å². The molecule has 3 atom stereocenters. The Balaban J connectivity index is 0.00000452. The molecule has 0 aliphatic carbocycles. The molecule has 0 aliphatic rings.